The van der Waals surface area contributed by atoms with Crippen LogP contribution in [0, 0.1) is 0 Å². The zero-order chi connectivity index (χ0) is 11.1. The molecule has 0 aromatic carbocycles. The van der Waals surface area contributed by atoms with E-state index in [1.54, 1.807) is 6.92 Å². The van der Waals surface area contributed by atoms with E-state index in [1.807, 2.05) is 0 Å². The molecule has 3 N–H and O–H groups in total. The Morgan fingerprint density at radius 1 is 1.50 bits per heavy atom. The van der Waals surface area contributed by atoms with Gasteiger partial charge in [-0.1, -0.05) is 0 Å². The summed E-state index contributed by atoms with van der Waals surface area (Å²) in [6, 6.07) is 0. The molecule has 0 aromatic heterocycles. The molecular formula is C5H13NaO7S. The monoisotopic (exact) mass is 240 g/mol. The molecule has 0 aliphatic rings. The summed E-state index contributed by atoms with van der Waals surface area (Å²) in [5.41, 5.74) is 0. The van der Waals surface area contributed by atoms with Gasteiger partial charge in [-0.15, -0.1) is 0 Å². The van der Waals surface area contributed by atoms with Crippen LogP contribution in [0.2, 0.25) is 0 Å². The number of ether oxygens (including phenoxy) is 1. The van der Waals surface area contributed by atoms with Crippen molar-refractivity contribution in [3.05, 3.63) is 0 Å². The van der Waals surface area contributed by atoms with Gasteiger partial charge in [-0.3, -0.25) is 9.11 Å². The van der Waals surface area contributed by atoms with Gasteiger partial charge in [0.05, 0.1) is 6.61 Å². The number of esters is 1. The van der Waals surface area contributed by atoms with Gasteiger partial charge >= 0.3 is 45.9 Å². The first-order valence-corrected chi connectivity index (χ1v) is 4.62. The first kappa shape index (κ1) is 19.8. The van der Waals surface area contributed by atoms with Crippen molar-refractivity contribution < 1.29 is 63.1 Å². The topological polar surface area (TPSA) is 121 Å². The zero-order valence-corrected chi connectivity index (χ0v) is 11.0. The van der Waals surface area contributed by atoms with Gasteiger partial charge in [-0.25, -0.2) is 4.79 Å². The molecule has 0 heterocycles. The summed E-state index contributed by atoms with van der Waals surface area (Å²) >= 11 is 0. The Hall–Kier alpha value is 0.300. The van der Waals surface area contributed by atoms with Crippen molar-refractivity contribution in [2.75, 3.05) is 6.61 Å². The van der Waals surface area contributed by atoms with Crippen molar-refractivity contribution in [2.24, 2.45) is 0 Å². The predicted molar refractivity (Wildman–Crippen MR) is 43.6 cm³/mol. The Morgan fingerprint density at radius 3 is 1.86 bits per heavy atom. The summed E-state index contributed by atoms with van der Waals surface area (Å²) in [4.78, 5) is 10.3. The number of hydrogen-bond acceptors (Lipinski definition) is 5. The van der Waals surface area contributed by atoms with Gasteiger partial charge in [0, 0.05) is 0 Å². The van der Waals surface area contributed by atoms with Crippen LogP contribution in [-0.2, 0) is 19.9 Å². The summed E-state index contributed by atoms with van der Waals surface area (Å²) in [7, 11) is -4.67. The van der Waals surface area contributed by atoms with Crippen LogP contribution in [-0.4, -0.2) is 41.3 Å². The molecule has 0 amide bonds. The maximum Gasteiger partial charge on any atom is 1.00 e. The van der Waals surface area contributed by atoms with Crippen molar-refractivity contribution >= 4 is 16.4 Å². The third kappa shape index (κ3) is 29.5. The van der Waals surface area contributed by atoms with Gasteiger partial charge < -0.3 is 11.3 Å². The molecule has 9 heteroatoms. The molecule has 0 fully saturated rings. The van der Waals surface area contributed by atoms with Crippen LogP contribution >= 0.6 is 0 Å². The van der Waals surface area contributed by atoms with Crippen LogP contribution < -0.4 is 29.6 Å². The minimum atomic E-state index is -4.67. The maximum absolute atomic E-state index is 10.3. The molecule has 0 spiro atoms. The van der Waals surface area contributed by atoms with Crippen molar-refractivity contribution in [1.82, 2.24) is 0 Å². The van der Waals surface area contributed by atoms with E-state index in [-0.39, 0.29) is 31.0 Å². The van der Waals surface area contributed by atoms with Gasteiger partial charge in [-0.2, -0.15) is 8.42 Å². The smallest absolute Gasteiger partial charge is 1.00 e. The Labute approximate surface area is 106 Å². The van der Waals surface area contributed by atoms with Crippen molar-refractivity contribution in [2.45, 2.75) is 20.0 Å². The van der Waals surface area contributed by atoms with Crippen LogP contribution in [0.5, 0.6) is 0 Å². The van der Waals surface area contributed by atoms with Crippen LogP contribution in [0.3, 0.4) is 0 Å². The fourth-order valence-corrected chi connectivity index (χ4v) is 0.263. The summed E-state index contributed by atoms with van der Waals surface area (Å²) < 4.78 is 36.0. The van der Waals surface area contributed by atoms with E-state index in [1.165, 1.54) is 6.92 Å². The first-order valence-electron chi connectivity index (χ1n) is 3.23. The van der Waals surface area contributed by atoms with Crippen molar-refractivity contribution in [3.63, 3.8) is 0 Å². The van der Waals surface area contributed by atoms with E-state index in [0.717, 1.165) is 0 Å². The normalized spacial score (nSPS) is 11.5. The summed E-state index contributed by atoms with van der Waals surface area (Å²) in [6.07, 6.45) is -0.991. The third-order valence-corrected chi connectivity index (χ3v) is 0.628. The van der Waals surface area contributed by atoms with Crippen LogP contribution in [0.25, 0.3) is 0 Å². The molecular weight excluding hydrogens is 227 g/mol. The van der Waals surface area contributed by atoms with E-state index in [0.29, 0.717) is 6.61 Å². The van der Waals surface area contributed by atoms with E-state index in [9.17, 15) is 4.79 Å². The average Bonchev–Trinajstić information content (AvgIpc) is 1.84. The number of aliphatic hydroxyl groups excluding tert-OH is 1. The molecule has 82 valence electrons. The fourth-order valence-electron chi connectivity index (χ4n) is 0.263. The Kier molecular flexibility index (Phi) is 13.9. The van der Waals surface area contributed by atoms with Gasteiger partial charge in [0.1, 0.15) is 6.10 Å². The molecule has 7 nitrogen and oxygen atoms in total. The zero-order valence-electron chi connectivity index (χ0n) is 9.17. The molecule has 0 aliphatic carbocycles. The van der Waals surface area contributed by atoms with Gasteiger partial charge in [-0.05, 0) is 13.8 Å². The van der Waals surface area contributed by atoms with Gasteiger partial charge in [0.25, 0.3) is 0 Å². The van der Waals surface area contributed by atoms with E-state index in [2.05, 4.69) is 4.74 Å². The molecule has 1 unspecified atom stereocenters. The summed E-state index contributed by atoms with van der Waals surface area (Å²) in [5, 5.41) is 8.48. The average molecular weight is 240 g/mol. The Bertz CT molecular complexity index is 232. The molecule has 0 bridgehead atoms. The first-order chi connectivity index (χ1) is 5.68. The van der Waals surface area contributed by atoms with Crippen molar-refractivity contribution in [3.8, 4) is 0 Å². The number of carbonyl (C=O) groups excluding carboxylic acids is 1. The predicted octanol–water partition coefficient (Wildman–Crippen LogP) is -3.61. The van der Waals surface area contributed by atoms with E-state index < -0.39 is 22.5 Å². The quantitative estimate of drug-likeness (QED) is 0.259. The fraction of sp³-hybridized carbons (Fsp3) is 0.800. The number of hydrogen-bond donors (Lipinski definition) is 3. The van der Waals surface area contributed by atoms with E-state index in [4.69, 9.17) is 22.6 Å². The molecule has 14 heavy (non-hydrogen) atoms. The van der Waals surface area contributed by atoms with Crippen molar-refractivity contribution in [1.29, 1.82) is 0 Å². The summed E-state index contributed by atoms with van der Waals surface area (Å²) in [5.74, 6) is -0.562. The number of carbonyl (C=O) groups is 1. The second kappa shape index (κ2) is 9.84. The minimum absolute atomic E-state index is 0. The molecule has 0 aliphatic heterocycles. The van der Waals surface area contributed by atoms with E-state index >= 15 is 0 Å². The maximum atomic E-state index is 10.3. The Balaban J connectivity index is -0.0000000770. The third-order valence-electron chi connectivity index (χ3n) is 0.628. The second-order valence-corrected chi connectivity index (χ2v) is 2.77. The second-order valence-electron chi connectivity index (χ2n) is 1.88. The molecule has 1 atom stereocenters. The standard InChI is InChI=1S/C5H10O3.Na.H2O4S.H/c1-3-8-5(7)4(2)6;;1-5(2,3)4;/h4,6H,3H2,1-2H3;;(H2,1,2,3,4);/q;+1;;-1. The van der Waals surface area contributed by atoms with Crippen LogP contribution in [0.15, 0.2) is 0 Å². The molecule has 0 radical (unpaired) electrons. The molecule has 0 saturated heterocycles. The van der Waals surface area contributed by atoms with Gasteiger partial charge in [0.2, 0.25) is 0 Å². The molecule has 0 aromatic rings. The SMILES string of the molecule is CCOC(=O)C(C)O.O=S(=O)(O)O.[H-].[Na+]. The van der Waals surface area contributed by atoms with Gasteiger partial charge in [0.15, 0.2) is 0 Å². The minimum Gasteiger partial charge on any atom is -1.00 e. The number of rotatable bonds is 2. The Morgan fingerprint density at radius 2 is 1.79 bits per heavy atom. The van der Waals surface area contributed by atoms with Crippen LogP contribution in [0.4, 0.5) is 0 Å². The molecule has 0 saturated carbocycles. The van der Waals surface area contributed by atoms with Crippen LogP contribution in [0.1, 0.15) is 15.3 Å². The summed E-state index contributed by atoms with van der Waals surface area (Å²) in [6.45, 7) is 3.39. The molecule has 0 rings (SSSR count). The largest absolute Gasteiger partial charge is 1.00 e. The number of aliphatic hydroxyl groups is 1.